The highest BCUT2D eigenvalue weighted by Crippen LogP contribution is 2.37. The smallest absolute Gasteiger partial charge is 0.350 e. The van der Waals surface area contributed by atoms with E-state index >= 15 is 0 Å². The predicted octanol–water partition coefficient (Wildman–Crippen LogP) is 4.31. The highest BCUT2D eigenvalue weighted by Gasteiger charge is 2.47. The van der Waals surface area contributed by atoms with E-state index in [1.807, 2.05) is 0 Å². The largest absolute Gasteiger partial charge is 0.453 e. The fourth-order valence-corrected chi connectivity index (χ4v) is 4.69. The summed E-state index contributed by atoms with van der Waals surface area (Å²) in [6.07, 6.45) is 3.72. The summed E-state index contributed by atoms with van der Waals surface area (Å²) in [7, 11) is 0. The van der Waals surface area contributed by atoms with Gasteiger partial charge < -0.3 is 15.0 Å². The number of hydrogen-bond acceptors (Lipinski definition) is 6. The standard InChI is InChI=1S/C25H20ClF3N6O2.ClH/c26-17-10-30-23(34-12-25(13-34)6-7-31-25)9-22(17)37-21-5-4-15(8-20(21)29)35-24(36)33(14-32-35)11-16-18(27)2-1-3-19(16)28;/h1-5,8-10,14,31H,6-7,11-13H2;1H. The summed E-state index contributed by atoms with van der Waals surface area (Å²) < 4.78 is 50.6. The van der Waals surface area contributed by atoms with Crippen LogP contribution in [0.4, 0.5) is 19.0 Å². The molecular formula is C25H21Cl2F3N6O2. The first-order chi connectivity index (χ1) is 17.8. The summed E-state index contributed by atoms with van der Waals surface area (Å²) in [5.74, 6) is -1.50. The van der Waals surface area contributed by atoms with Crippen LogP contribution in [-0.2, 0) is 6.54 Å². The zero-order valence-electron chi connectivity index (χ0n) is 19.7. The van der Waals surface area contributed by atoms with Crippen LogP contribution in [0.2, 0.25) is 5.02 Å². The molecule has 8 nitrogen and oxygen atoms in total. The molecule has 0 atom stereocenters. The number of pyridine rings is 1. The van der Waals surface area contributed by atoms with Crippen molar-refractivity contribution < 1.29 is 17.9 Å². The molecule has 0 aliphatic carbocycles. The van der Waals surface area contributed by atoms with Gasteiger partial charge in [-0.05, 0) is 37.2 Å². The van der Waals surface area contributed by atoms with Crippen molar-refractivity contribution in [3.05, 3.63) is 93.5 Å². The molecule has 1 N–H and O–H groups in total. The molecule has 198 valence electrons. The lowest BCUT2D eigenvalue weighted by molar-refractivity contribution is 0.158. The monoisotopic (exact) mass is 564 g/mol. The van der Waals surface area contributed by atoms with Crippen LogP contribution in [-0.4, -0.2) is 44.5 Å². The fourth-order valence-electron chi connectivity index (χ4n) is 4.55. The summed E-state index contributed by atoms with van der Waals surface area (Å²) in [6.45, 7) is 2.31. The van der Waals surface area contributed by atoms with Crippen LogP contribution < -0.4 is 20.6 Å². The van der Waals surface area contributed by atoms with Crippen molar-refractivity contribution in [3.8, 4) is 17.2 Å². The van der Waals surface area contributed by atoms with Gasteiger partial charge >= 0.3 is 5.69 Å². The van der Waals surface area contributed by atoms with Gasteiger partial charge in [0.1, 0.15) is 28.8 Å². The zero-order valence-corrected chi connectivity index (χ0v) is 21.3. The van der Waals surface area contributed by atoms with Gasteiger partial charge in [0.05, 0.1) is 24.0 Å². The highest BCUT2D eigenvalue weighted by molar-refractivity contribution is 6.32. The van der Waals surface area contributed by atoms with Crippen LogP contribution in [0.25, 0.3) is 5.69 Å². The molecule has 0 bridgehead atoms. The summed E-state index contributed by atoms with van der Waals surface area (Å²) >= 11 is 6.25. The van der Waals surface area contributed by atoms with Crippen molar-refractivity contribution in [2.75, 3.05) is 24.5 Å². The first-order valence-corrected chi connectivity index (χ1v) is 11.9. The highest BCUT2D eigenvalue weighted by atomic mass is 35.5. The van der Waals surface area contributed by atoms with Crippen LogP contribution >= 0.6 is 24.0 Å². The van der Waals surface area contributed by atoms with Crippen molar-refractivity contribution >= 4 is 29.8 Å². The second-order valence-corrected chi connectivity index (χ2v) is 9.56. The molecule has 1 spiro atoms. The van der Waals surface area contributed by atoms with Crippen molar-refractivity contribution in [1.29, 1.82) is 0 Å². The average molecular weight is 565 g/mol. The lowest BCUT2D eigenvalue weighted by Crippen LogP contribution is -2.76. The molecule has 38 heavy (non-hydrogen) atoms. The van der Waals surface area contributed by atoms with Gasteiger partial charge in [-0.3, -0.25) is 4.57 Å². The van der Waals surface area contributed by atoms with Crippen molar-refractivity contribution in [1.82, 2.24) is 24.6 Å². The molecule has 2 fully saturated rings. The van der Waals surface area contributed by atoms with Gasteiger partial charge in [-0.1, -0.05) is 17.7 Å². The summed E-state index contributed by atoms with van der Waals surface area (Å²) in [5.41, 5.74) is -0.683. The number of ether oxygens (including phenoxy) is 1. The Balaban J connectivity index is 0.00000294. The van der Waals surface area contributed by atoms with Crippen molar-refractivity contribution in [2.45, 2.75) is 18.5 Å². The van der Waals surface area contributed by atoms with E-state index < -0.39 is 23.1 Å². The lowest BCUT2D eigenvalue weighted by Gasteiger charge is -2.56. The molecule has 2 aromatic heterocycles. The Labute approximate surface area is 226 Å². The van der Waals surface area contributed by atoms with E-state index in [2.05, 4.69) is 20.3 Å². The Kier molecular flexibility index (Phi) is 6.84. The second kappa shape index (κ2) is 9.97. The van der Waals surface area contributed by atoms with E-state index in [4.69, 9.17) is 16.3 Å². The van der Waals surface area contributed by atoms with Crippen LogP contribution in [0.5, 0.6) is 11.5 Å². The molecule has 0 unspecified atom stereocenters. The van der Waals surface area contributed by atoms with Crippen LogP contribution in [0.1, 0.15) is 12.0 Å². The summed E-state index contributed by atoms with van der Waals surface area (Å²) in [5, 5.41) is 7.61. The van der Waals surface area contributed by atoms with Gasteiger partial charge in [0.2, 0.25) is 0 Å². The van der Waals surface area contributed by atoms with Gasteiger partial charge in [0.25, 0.3) is 0 Å². The number of aromatic nitrogens is 4. The van der Waals surface area contributed by atoms with E-state index in [0.29, 0.717) is 5.82 Å². The van der Waals surface area contributed by atoms with Gasteiger partial charge in [0, 0.05) is 30.8 Å². The van der Waals surface area contributed by atoms with Crippen molar-refractivity contribution in [3.63, 3.8) is 0 Å². The molecule has 6 rings (SSSR count). The third-order valence-corrected chi connectivity index (χ3v) is 7.01. The Bertz CT molecular complexity index is 1540. The number of nitrogens with one attached hydrogen (secondary N) is 1. The first kappa shape index (κ1) is 26.1. The third-order valence-electron chi connectivity index (χ3n) is 6.72. The molecular weight excluding hydrogens is 544 g/mol. The SMILES string of the molecule is Cl.O=c1n(Cc2c(F)cccc2F)cnn1-c1ccc(Oc2cc(N3CC4(CCN4)C3)ncc2Cl)c(F)c1. The number of rotatable bonds is 6. The Morgan fingerprint density at radius 2 is 1.79 bits per heavy atom. The molecule has 0 saturated carbocycles. The number of halogens is 5. The van der Waals surface area contributed by atoms with Gasteiger partial charge in [0.15, 0.2) is 17.3 Å². The Morgan fingerprint density at radius 3 is 2.45 bits per heavy atom. The van der Waals surface area contributed by atoms with E-state index in [1.165, 1.54) is 24.4 Å². The first-order valence-electron chi connectivity index (χ1n) is 11.5. The van der Waals surface area contributed by atoms with E-state index in [9.17, 15) is 18.0 Å². The normalized spacial score (nSPS) is 15.5. The molecule has 2 aliphatic rings. The van der Waals surface area contributed by atoms with Gasteiger partial charge in [-0.2, -0.15) is 9.78 Å². The molecule has 2 aromatic carbocycles. The minimum absolute atomic E-state index is 0. The maximum absolute atomic E-state index is 15.0. The molecule has 4 heterocycles. The quantitative estimate of drug-likeness (QED) is 0.376. The number of hydrogen-bond donors (Lipinski definition) is 1. The fraction of sp³-hybridized carbons (Fsp3) is 0.240. The summed E-state index contributed by atoms with van der Waals surface area (Å²) in [6, 6.07) is 8.97. The zero-order chi connectivity index (χ0) is 25.7. The molecule has 0 amide bonds. The maximum atomic E-state index is 15.0. The van der Waals surface area contributed by atoms with E-state index in [0.717, 1.165) is 59.8 Å². The van der Waals surface area contributed by atoms with Crippen LogP contribution in [0.3, 0.4) is 0 Å². The number of anilines is 1. The molecule has 13 heteroatoms. The summed E-state index contributed by atoms with van der Waals surface area (Å²) in [4.78, 5) is 19.2. The van der Waals surface area contributed by atoms with Crippen LogP contribution in [0.15, 0.2) is 59.8 Å². The van der Waals surface area contributed by atoms with Gasteiger partial charge in [-0.25, -0.2) is 22.9 Å². The third kappa shape index (κ3) is 4.61. The maximum Gasteiger partial charge on any atom is 0.350 e. The predicted molar refractivity (Wildman–Crippen MR) is 137 cm³/mol. The van der Waals surface area contributed by atoms with Crippen LogP contribution in [0, 0.1) is 17.5 Å². The minimum atomic E-state index is -0.779. The second-order valence-electron chi connectivity index (χ2n) is 9.16. The molecule has 2 aliphatic heterocycles. The van der Waals surface area contributed by atoms with E-state index in [1.54, 1.807) is 6.07 Å². The Hall–Kier alpha value is -3.54. The molecule has 0 radical (unpaired) electrons. The van der Waals surface area contributed by atoms with Crippen molar-refractivity contribution in [2.24, 2.45) is 0 Å². The molecule has 4 aromatic rings. The minimum Gasteiger partial charge on any atom is -0.453 e. The average Bonchev–Trinajstić information content (AvgIpc) is 3.18. The van der Waals surface area contributed by atoms with Gasteiger partial charge in [-0.15, -0.1) is 12.4 Å². The topological polar surface area (TPSA) is 77.2 Å². The number of nitrogens with zero attached hydrogens (tertiary/aromatic N) is 5. The lowest BCUT2D eigenvalue weighted by atomic mass is 9.80. The Morgan fingerprint density at radius 1 is 1.05 bits per heavy atom. The molecule has 2 saturated heterocycles. The van der Waals surface area contributed by atoms with E-state index in [-0.39, 0.29) is 52.3 Å². The number of benzene rings is 2.